The molecule has 0 amide bonds. The first-order valence-corrected chi connectivity index (χ1v) is 10.9. The number of hydrogen-bond donors (Lipinski definition) is 2. The van der Waals surface area contributed by atoms with Gasteiger partial charge in [0.15, 0.2) is 0 Å². The minimum absolute atomic E-state index is 0.284. The van der Waals surface area contributed by atoms with Crippen LogP contribution in [0.5, 0.6) is 17.2 Å². The van der Waals surface area contributed by atoms with Gasteiger partial charge < -0.3 is 25.2 Å². The van der Waals surface area contributed by atoms with Crippen LogP contribution in [0.25, 0.3) is 0 Å². The van der Waals surface area contributed by atoms with Crippen LogP contribution in [0, 0.1) is 0 Å². The van der Waals surface area contributed by atoms with Crippen LogP contribution in [0.1, 0.15) is 24.3 Å². The van der Waals surface area contributed by atoms with Crippen LogP contribution in [-0.2, 0) is 0 Å². The second-order valence-electron chi connectivity index (χ2n) is 8.09. The van der Waals surface area contributed by atoms with Crippen molar-refractivity contribution in [2.24, 2.45) is 0 Å². The molecule has 0 spiro atoms. The van der Waals surface area contributed by atoms with Crippen molar-refractivity contribution in [2.75, 3.05) is 32.0 Å². The summed E-state index contributed by atoms with van der Waals surface area (Å²) >= 11 is 0. The maximum absolute atomic E-state index is 10.3. The van der Waals surface area contributed by atoms with E-state index in [2.05, 4.69) is 17.0 Å². The predicted molar refractivity (Wildman–Crippen MR) is 124 cm³/mol. The number of hydrogen-bond acceptors (Lipinski definition) is 5. The van der Waals surface area contributed by atoms with E-state index >= 15 is 0 Å². The van der Waals surface area contributed by atoms with Crippen molar-refractivity contribution in [2.45, 2.75) is 24.9 Å². The Hall–Kier alpha value is -3.02. The molecule has 0 unspecified atom stereocenters. The Morgan fingerprint density at radius 2 is 1.45 bits per heavy atom. The SMILES string of the molecule is Nc1ccc(OC[C@@H](O)CN2CCC(c3ccc(Oc4ccccc4)cc3)CC2)cc1. The minimum atomic E-state index is -0.511. The highest BCUT2D eigenvalue weighted by Crippen LogP contribution is 2.30. The van der Waals surface area contributed by atoms with Crippen LogP contribution in [-0.4, -0.2) is 42.4 Å². The van der Waals surface area contributed by atoms with Crippen molar-refractivity contribution in [1.82, 2.24) is 4.90 Å². The van der Waals surface area contributed by atoms with E-state index in [1.807, 2.05) is 54.6 Å². The zero-order valence-corrected chi connectivity index (χ0v) is 17.7. The average molecular weight is 419 g/mol. The molecule has 1 aliphatic rings. The molecule has 1 aliphatic heterocycles. The zero-order valence-electron chi connectivity index (χ0n) is 17.7. The van der Waals surface area contributed by atoms with Crippen molar-refractivity contribution in [3.63, 3.8) is 0 Å². The molecule has 1 atom stereocenters. The number of nitrogen functional groups attached to an aromatic ring is 1. The summed E-state index contributed by atoms with van der Waals surface area (Å²) < 4.78 is 11.6. The molecule has 0 bridgehead atoms. The highest BCUT2D eigenvalue weighted by Gasteiger charge is 2.22. The lowest BCUT2D eigenvalue weighted by Gasteiger charge is -2.33. The lowest BCUT2D eigenvalue weighted by atomic mass is 9.89. The summed E-state index contributed by atoms with van der Waals surface area (Å²) in [5, 5.41) is 10.3. The van der Waals surface area contributed by atoms with Gasteiger partial charge in [0, 0.05) is 12.2 Å². The molecule has 3 N–H and O–H groups in total. The monoisotopic (exact) mass is 418 g/mol. The van der Waals surface area contributed by atoms with Crippen LogP contribution in [0.15, 0.2) is 78.9 Å². The van der Waals surface area contributed by atoms with Crippen molar-refractivity contribution in [1.29, 1.82) is 0 Å². The molecule has 0 aliphatic carbocycles. The Morgan fingerprint density at radius 1 is 0.839 bits per heavy atom. The lowest BCUT2D eigenvalue weighted by Crippen LogP contribution is -2.40. The second kappa shape index (κ2) is 10.3. The number of anilines is 1. The Kier molecular flexibility index (Phi) is 7.07. The quantitative estimate of drug-likeness (QED) is 0.520. The van der Waals surface area contributed by atoms with E-state index in [1.165, 1.54) is 5.56 Å². The highest BCUT2D eigenvalue weighted by atomic mass is 16.5. The third-order valence-corrected chi connectivity index (χ3v) is 5.71. The van der Waals surface area contributed by atoms with Crippen LogP contribution in [0.3, 0.4) is 0 Å². The third kappa shape index (κ3) is 6.23. The van der Waals surface area contributed by atoms with Crippen LogP contribution < -0.4 is 15.2 Å². The number of nitrogens with zero attached hydrogens (tertiary/aromatic N) is 1. The summed E-state index contributed by atoms with van der Waals surface area (Å²) in [6, 6.07) is 25.5. The lowest BCUT2D eigenvalue weighted by molar-refractivity contribution is 0.0594. The number of para-hydroxylation sites is 1. The van der Waals surface area contributed by atoms with E-state index in [0.717, 1.165) is 43.2 Å². The maximum Gasteiger partial charge on any atom is 0.127 e. The number of piperidine rings is 1. The molecule has 4 rings (SSSR count). The molecule has 1 saturated heterocycles. The molecule has 1 fully saturated rings. The van der Waals surface area contributed by atoms with E-state index in [4.69, 9.17) is 15.2 Å². The van der Waals surface area contributed by atoms with E-state index in [9.17, 15) is 5.11 Å². The van der Waals surface area contributed by atoms with E-state index in [-0.39, 0.29) is 6.61 Å². The molecule has 5 heteroatoms. The largest absolute Gasteiger partial charge is 0.491 e. The number of likely N-dealkylation sites (tertiary alicyclic amines) is 1. The van der Waals surface area contributed by atoms with Gasteiger partial charge in [-0.05, 0) is 85.9 Å². The predicted octanol–water partition coefficient (Wildman–Crippen LogP) is 4.68. The first kappa shape index (κ1) is 21.2. The highest BCUT2D eigenvalue weighted by molar-refractivity contribution is 5.41. The van der Waals surface area contributed by atoms with Crippen LogP contribution >= 0.6 is 0 Å². The fourth-order valence-corrected chi connectivity index (χ4v) is 3.99. The molecular formula is C26H30N2O3. The minimum Gasteiger partial charge on any atom is -0.491 e. The summed E-state index contributed by atoms with van der Waals surface area (Å²) in [5.74, 6) is 2.98. The summed E-state index contributed by atoms with van der Waals surface area (Å²) in [7, 11) is 0. The molecule has 0 radical (unpaired) electrons. The molecule has 31 heavy (non-hydrogen) atoms. The number of benzene rings is 3. The van der Waals surface area contributed by atoms with Gasteiger partial charge >= 0.3 is 0 Å². The Bertz CT molecular complexity index is 921. The van der Waals surface area contributed by atoms with Gasteiger partial charge in [-0.15, -0.1) is 0 Å². The molecule has 0 aromatic heterocycles. The molecule has 0 saturated carbocycles. The molecule has 3 aromatic rings. The maximum atomic E-state index is 10.3. The smallest absolute Gasteiger partial charge is 0.127 e. The fraction of sp³-hybridized carbons (Fsp3) is 0.308. The van der Waals surface area contributed by atoms with Gasteiger partial charge in [0.1, 0.15) is 30.0 Å². The van der Waals surface area contributed by atoms with Crippen molar-refractivity contribution >= 4 is 5.69 Å². The van der Waals surface area contributed by atoms with E-state index in [1.54, 1.807) is 12.1 Å². The van der Waals surface area contributed by atoms with Gasteiger partial charge in [0.25, 0.3) is 0 Å². The fourth-order valence-electron chi connectivity index (χ4n) is 3.99. The molecule has 162 valence electrons. The van der Waals surface area contributed by atoms with Gasteiger partial charge in [0.2, 0.25) is 0 Å². The number of ether oxygens (including phenoxy) is 2. The average Bonchev–Trinajstić information content (AvgIpc) is 2.80. The summed E-state index contributed by atoms with van der Waals surface area (Å²) in [5.41, 5.74) is 7.74. The van der Waals surface area contributed by atoms with E-state index in [0.29, 0.717) is 18.2 Å². The molecule has 5 nitrogen and oxygen atoms in total. The second-order valence-corrected chi connectivity index (χ2v) is 8.09. The number of nitrogens with two attached hydrogens (primary N) is 1. The summed E-state index contributed by atoms with van der Waals surface area (Å²) in [4.78, 5) is 2.32. The third-order valence-electron chi connectivity index (χ3n) is 5.71. The Morgan fingerprint density at radius 3 is 2.13 bits per heavy atom. The van der Waals surface area contributed by atoms with Gasteiger partial charge in [0.05, 0.1) is 0 Å². The molecular weight excluding hydrogens is 388 g/mol. The summed E-state index contributed by atoms with van der Waals surface area (Å²) in [6.45, 7) is 2.87. The van der Waals surface area contributed by atoms with Crippen molar-refractivity contribution in [3.05, 3.63) is 84.4 Å². The molecule has 3 aromatic carbocycles. The number of aliphatic hydroxyl groups excluding tert-OH is 1. The first-order valence-electron chi connectivity index (χ1n) is 10.9. The van der Waals surface area contributed by atoms with Crippen LogP contribution in [0.4, 0.5) is 5.69 Å². The first-order chi connectivity index (χ1) is 15.2. The zero-order chi connectivity index (χ0) is 21.5. The topological polar surface area (TPSA) is 68.0 Å². The number of rotatable bonds is 8. The Balaban J connectivity index is 1.20. The number of aliphatic hydroxyl groups is 1. The van der Waals surface area contributed by atoms with Gasteiger partial charge in [-0.2, -0.15) is 0 Å². The van der Waals surface area contributed by atoms with Gasteiger partial charge in [-0.25, -0.2) is 0 Å². The van der Waals surface area contributed by atoms with Crippen molar-refractivity contribution in [3.8, 4) is 17.2 Å². The number of β-amino-alcohol motifs (C(OH)–C–C–N with tert-alkyl or cyclic N) is 1. The van der Waals surface area contributed by atoms with Gasteiger partial charge in [-0.1, -0.05) is 30.3 Å². The standard InChI is InChI=1S/C26H30N2O3/c27-22-8-12-24(13-9-22)30-19-23(29)18-28-16-14-21(15-17-28)20-6-10-26(11-7-20)31-25-4-2-1-3-5-25/h1-13,21,23,29H,14-19,27H2/t23-/m0/s1. The van der Waals surface area contributed by atoms with Gasteiger partial charge in [-0.3, -0.25) is 0 Å². The Labute approximate surface area is 184 Å². The summed E-state index contributed by atoms with van der Waals surface area (Å²) in [6.07, 6.45) is 1.66. The van der Waals surface area contributed by atoms with E-state index < -0.39 is 6.10 Å². The molecule has 1 heterocycles. The van der Waals surface area contributed by atoms with Crippen LogP contribution in [0.2, 0.25) is 0 Å². The van der Waals surface area contributed by atoms with Crippen molar-refractivity contribution < 1.29 is 14.6 Å². The normalized spacial score (nSPS) is 16.0.